The molecule has 0 saturated carbocycles. The zero-order chi connectivity index (χ0) is 14.0. The molecule has 114 valence electrons. The van der Waals surface area contributed by atoms with Crippen LogP contribution in [0.25, 0.3) is 0 Å². The lowest BCUT2D eigenvalue weighted by atomic mass is 9.91. The highest BCUT2D eigenvalue weighted by molar-refractivity contribution is 9.10. The average Bonchev–Trinajstić information content (AvgIpc) is 2.79. The van der Waals surface area contributed by atoms with Gasteiger partial charge in [-0.25, -0.2) is 0 Å². The number of carbonyl (C=O) groups is 1. The van der Waals surface area contributed by atoms with Crippen molar-refractivity contribution in [3.8, 4) is 0 Å². The van der Waals surface area contributed by atoms with E-state index < -0.39 is 0 Å². The third kappa shape index (κ3) is 3.77. The second kappa shape index (κ2) is 7.48. The maximum atomic E-state index is 12.5. The molecule has 20 heavy (non-hydrogen) atoms. The molecule has 1 aromatic rings. The largest absolute Gasteiger partial charge is 0.343 e. The number of rotatable bonds is 3. The zero-order valence-electron chi connectivity index (χ0n) is 12.0. The van der Waals surface area contributed by atoms with Crippen LogP contribution < -0.4 is 5.73 Å². The summed E-state index contributed by atoms with van der Waals surface area (Å²) in [6, 6.07) is 2.13. The van der Waals surface area contributed by atoms with Gasteiger partial charge >= 0.3 is 0 Å². The van der Waals surface area contributed by atoms with Crippen LogP contribution in [0.15, 0.2) is 16.7 Å². The molecule has 6 heteroatoms. The second-order valence-electron chi connectivity index (χ2n) is 5.32. The number of aromatic nitrogens is 1. The molecule has 1 aromatic heterocycles. The van der Waals surface area contributed by atoms with Gasteiger partial charge in [0, 0.05) is 36.3 Å². The molecular weight excluding hydrogens is 342 g/mol. The molecular formula is C14H23BrClN3O. The summed E-state index contributed by atoms with van der Waals surface area (Å²) in [5, 5.41) is 0. The van der Waals surface area contributed by atoms with Crippen molar-refractivity contribution < 1.29 is 4.79 Å². The minimum atomic E-state index is 0. The van der Waals surface area contributed by atoms with Crippen molar-refractivity contribution in [3.63, 3.8) is 0 Å². The van der Waals surface area contributed by atoms with E-state index in [0.717, 1.165) is 42.6 Å². The predicted octanol–water partition coefficient (Wildman–Crippen LogP) is 2.89. The van der Waals surface area contributed by atoms with E-state index in [1.807, 2.05) is 28.7 Å². The molecule has 2 N–H and O–H groups in total. The highest BCUT2D eigenvalue weighted by atomic mass is 79.9. The normalized spacial score (nSPS) is 17.7. The van der Waals surface area contributed by atoms with Crippen molar-refractivity contribution in [1.29, 1.82) is 0 Å². The molecule has 1 fully saturated rings. The predicted molar refractivity (Wildman–Crippen MR) is 87.3 cm³/mol. The van der Waals surface area contributed by atoms with E-state index in [1.54, 1.807) is 0 Å². The van der Waals surface area contributed by atoms with Crippen LogP contribution in [0.3, 0.4) is 0 Å². The van der Waals surface area contributed by atoms with E-state index in [4.69, 9.17) is 5.73 Å². The highest BCUT2D eigenvalue weighted by Crippen LogP contribution is 2.22. The molecule has 1 atom stereocenters. The van der Waals surface area contributed by atoms with E-state index >= 15 is 0 Å². The number of piperidine rings is 1. The van der Waals surface area contributed by atoms with Gasteiger partial charge in [0.1, 0.15) is 5.69 Å². The van der Waals surface area contributed by atoms with Gasteiger partial charge in [-0.05, 0) is 54.6 Å². The van der Waals surface area contributed by atoms with Crippen LogP contribution in [0.5, 0.6) is 0 Å². The van der Waals surface area contributed by atoms with Gasteiger partial charge in [0.05, 0.1) is 0 Å². The van der Waals surface area contributed by atoms with Crippen LogP contribution in [-0.4, -0.2) is 34.5 Å². The summed E-state index contributed by atoms with van der Waals surface area (Å²) in [6.07, 6.45) is 3.98. The lowest BCUT2D eigenvalue weighted by Gasteiger charge is -2.33. The molecule has 1 unspecified atom stereocenters. The minimum absolute atomic E-state index is 0. The van der Waals surface area contributed by atoms with Crippen molar-refractivity contribution in [2.75, 3.05) is 13.1 Å². The first kappa shape index (κ1) is 17.5. The van der Waals surface area contributed by atoms with Gasteiger partial charge in [-0.1, -0.05) is 0 Å². The highest BCUT2D eigenvalue weighted by Gasteiger charge is 2.26. The number of likely N-dealkylation sites (tertiary alicyclic amines) is 1. The average molecular weight is 365 g/mol. The maximum absolute atomic E-state index is 12.5. The van der Waals surface area contributed by atoms with Crippen molar-refractivity contribution in [2.45, 2.75) is 39.3 Å². The fourth-order valence-electron chi connectivity index (χ4n) is 2.71. The Morgan fingerprint density at radius 3 is 2.60 bits per heavy atom. The van der Waals surface area contributed by atoms with Crippen molar-refractivity contribution in [1.82, 2.24) is 9.47 Å². The van der Waals surface area contributed by atoms with Crippen molar-refractivity contribution in [2.24, 2.45) is 11.7 Å². The van der Waals surface area contributed by atoms with Crippen LogP contribution in [-0.2, 0) is 6.54 Å². The molecule has 1 aliphatic heterocycles. The quantitative estimate of drug-likeness (QED) is 0.896. The molecule has 2 heterocycles. The number of nitrogens with zero attached hydrogens (tertiary/aromatic N) is 2. The summed E-state index contributed by atoms with van der Waals surface area (Å²) in [6.45, 7) is 6.55. The first-order valence-electron chi connectivity index (χ1n) is 6.93. The van der Waals surface area contributed by atoms with Crippen LogP contribution in [0.2, 0.25) is 0 Å². The van der Waals surface area contributed by atoms with E-state index in [1.165, 1.54) is 0 Å². The van der Waals surface area contributed by atoms with E-state index in [9.17, 15) is 4.79 Å². The van der Waals surface area contributed by atoms with Crippen LogP contribution in [0.1, 0.15) is 37.2 Å². The van der Waals surface area contributed by atoms with E-state index in [-0.39, 0.29) is 24.4 Å². The number of hydrogen-bond acceptors (Lipinski definition) is 2. The van der Waals surface area contributed by atoms with Crippen molar-refractivity contribution in [3.05, 3.63) is 22.4 Å². The van der Waals surface area contributed by atoms with Gasteiger partial charge in [-0.2, -0.15) is 0 Å². The van der Waals surface area contributed by atoms with Crippen LogP contribution in [0, 0.1) is 5.92 Å². The molecule has 0 radical (unpaired) electrons. The van der Waals surface area contributed by atoms with Gasteiger partial charge in [0.2, 0.25) is 0 Å². The Kier molecular flexibility index (Phi) is 6.55. The number of carbonyl (C=O) groups excluding carboxylic acids is 1. The molecule has 0 spiro atoms. The summed E-state index contributed by atoms with van der Waals surface area (Å²) in [5.74, 6) is 0.685. The van der Waals surface area contributed by atoms with Gasteiger partial charge < -0.3 is 15.2 Å². The van der Waals surface area contributed by atoms with Gasteiger partial charge in [0.15, 0.2) is 0 Å². The fourth-order valence-corrected chi connectivity index (χ4v) is 3.17. The molecule has 1 aliphatic rings. The summed E-state index contributed by atoms with van der Waals surface area (Å²) in [7, 11) is 0. The molecule has 0 bridgehead atoms. The third-order valence-electron chi connectivity index (χ3n) is 3.99. The second-order valence-corrected chi connectivity index (χ2v) is 6.23. The topological polar surface area (TPSA) is 51.3 Å². The SMILES string of the molecule is CCn1cc(Br)cc1C(=O)N1CCC(C(C)N)CC1.Cl. The molecule has 1 saturated heterocycles. The monoisotopic (exact) mass is 363 g/mol. The van der Waals surface area contributed by atoms with E-state index in [2.05, 4.69) is 22.9 Å². The third-order valence-corrected chi connectivity index (χ3v) is 4.43. The van der Waals surface area contributed by atoms with Gasteiger partial charge in [-0.3, -0.25) is 4.79 Å². The standard InChI is InChI=1S/C14H22BrN3O.ClH/c1-3-17-9-12(15)8-13(17)14(19)18-6-4-11(5-7-18)10(2)16;/h8-11H,3-7,16H2,1-2H3;1H. The Morgan fingerprint density at radius 2 is 2.10 bits per heavy atom. The Bertz CT molecular complexity index is 453. The molecule has 4 nitrogen and oxygen atoms in total. The molecule has 1 amide bonds. The Balaban J connectivity index is 0.00000200. The smallest absolute Gasteiger partial charge is 0.270 e. The Morgan fingerprint density at radius 1 is 1.50 bits per heavy atom. The lowest BCUT2D eigenvalue weighted by molar-refractivity contribution is 0.0670. The summed E-state index contributed by atoms with van der Waals surface area (Å²) in [4.78, 5) is 14.5. The summed E-state index contributed by atoms with van der Waals surface area (Å²) >= 11 is 3.44. The van der Waals surface area contributed by atoms with Crippen LogP contribution >= 0.6 is 28.3 Å². The number of halogens is 2. The number of nitrogens with two attached hydrogens (primary N) is 1. The number of hydrogen-bond donors (Lipinski definition) is 1. The summed E-state index contributed by atoms with van der Waals surface area (Å²) in [5.41, 5.74) is 6.71. The summed E-state index contributed by atoms with van der Waals surface area (Å²) < 4.78 is 2.95. The fraction of sp³-hybridized carbons (Fsp3) is 0.643. The van der Waals surface area contributed by atoms with Gasteiger partial charge in [0.25, 0.3) is 5.91 Å². The zero-order valence-corrected chi connectivity index (χ0v) is 14.4. The molecule has 0 aliphatic carbocycles. The lowest BCUT2D eigenvalue weighted by Crippen LogP contribution is -2.43. The first-order chi connectivity index (χ1) is 9.02. The minimum Gasteiger partial charge on any atom is -0.343 e. The van der Waals surface area contributed by atoms with E-state index in [0.29, 0.717) is 5.92 Å². The van der Waals surface area contributed by atoms with Gasteiger partial charge in [-0.15, -0.1) is 12.4 Å². The molecule has 0 aromatic carbocycles. The maximum Gasteiger partial charge on any atom is 0.270 e. The number of amides is 1. The Labute approximate surface area is 135 Å². The van der Waals surface area contributed by atoms with Crippen LogP contribution in [0.4, 0.5) is 0 Å². The first-order valence-corrected chi connectivity index (χ1v) is 7.72. The Hall–Kier alpha value is -0.520. The number of aryl methyl sites for hydroxylation is 1. The van der Waals surface area contributed by atoms with Crippen molar-refractivity contribution >= 4 is 34.2 Å². The molecule has 2 rings (SSSR count).